The van der Waals surface area contributed by atoms with Gasteiger partial charge in [0.1, 0.15) is 6.10 Å². The fourth-order valence-corrected chi connectivity index (χ4v) is 2.99. The fourth-order valence-electron chi connectivity index (χ4n) is 2.99. The average molecular weight is 354 g/mol. The summed E-state index contributed by atoms with van der Waals surface area (Å²) in [5, 5.41) is 0. The molecule has 0 saturated heterocycles. The average Bonchev–Trinajstić information content (AvgIpc) is 2.89. The summed E-state index contributed by atoms with van der Waals surface area (Å²) in [6.07, 6.45) is -3.44. The van der Waals surface area contributed by atoms with E-state index in [1.54, 1.807) is 13.0 Å². The van der Waals surface area contributed by atoms with Gasteiger partial charge in [0, 0.05) is 18.6 Å². The molecule has 0 bridgehead atoms. The van der Waals surface area contributed by atoms with Crippen LogP contribution < -0.4 is 0 Å². The van der Waals surface area contributed by atoms with E-state index < -0.39 is 23.9 Å². The summed E-state index contributed by atoms with van der Waals surface area (Å²) in [5.74, 6) is -1.48. The van der Waals surface area contributed by atoms with Gasteiger partial charge in [0.15, 0.2) is 0 Å². The van der Waals surface area contributed by atoms with Gasteiger partial charge in [-0.3, -0.25) is 0 Å². The first-order valence-corrected chi connectivity index (χ1v) is 7.85. The van der Waals surface area contributed by atoms with Crippen LogP contribution in [-0.4, -0.2) is 25.4 Å². The molecule has 0 N–H and O–H groups in total. The molecule has 0 saturated carbocycles. The molecule has 2 unspecified atom stereocenters. The molecule has 6 heteroatoms. The molecule has 3 atom stereocenters. The number of alkyl halides is 3. The SMILES string of the molecule is C=C(C)C1C=C(C)C(OC(=O)[C@](OC)(c2ccccc2)C(F)(F)F)C1. The van der Waals surface area contributed by atoms with E-state index in [1.807, 2.05) is 13.0 Å². The Morgan fingerprint density at radius 1 is 1.24 bits per heavy atom. The molecule has 1 aliphatic rings. The van der Waals surface area contributed by atoms with E-state index in [4.69, 9.17) is 9.47 Å². The topological polar surface area (TPSA) is 35.5 Å². The molecular weight excluding hydrogens is 333 g/mol. The monoisotopic (exact) mass is 354 g/mol. The Morgan fingerprint density at radius 2 is 1.84 bits per heavy atom. The molecule has 0 aromatic heterocycles. The molecule has 1 aromatic carbocycles. The molecule has 0 amide bonds. The van der Waals surface area contributed by atoms with Crippen molar-refractivity contribution in [3.05, 3.63) is 59.7 Å². The van der Waals surface area contributed by atoms with Crippen molar-refractivity contribution in [3.63, 3.8) is 0 Å². The van der Waals surface area contributed by atoms with E-state index in [-0.39, 0.29) is 11.5 Å². The van der Waals surface area contributed by atoms with Crippen LogP contribution in [0.4, 0.5) is 13.2 Å². The Morgan fingerprint density at radius 3 is 2.28 bits per heavy atom. The number of ether oxygens (including phenoxy) is 2. The maximum Gasteiger partial charge on any atom is 0.432 e. The van der Waals surface area contributed by atoms with Crippen LogP contribution in [-0.2, 0) is 19.9 Å². The summed E-state index contributed by atoms with van der Waals surface area (Å²) in [5.41, 5.74) is -1.89. The second kappa shape index (κ2) is 7.04. The summed E-state index contributed by atoms with van der Waals surface area (Å²) in [6.45, 7) is 7.41. The maximum atomic E-state index is 13.8. The van der Waals surface area contributed by atoms with E-state index in [1.165, 1.54) is 24.3 Å². The Kier molecular flexibility index (Phi) is 5.42. The molecular formula is C19H21F3O3. The largest absolute Gasteiger partial charge is 0.455 e. The van der Waals surface area contributed by atoms with E-state index in [2.05, 4.69) is 6.58 Å². The molecule has 1 aliphatic carbocycles. The molecule has 0 aliphatic heterocycles. The van der Waals surface area contributed by atoms with Crippen LogP contribution in [0, 0.1) is 5.92 Å². The molecule has 0 spiro atoms. The van der Waals surface area contributed by atoms with Crippen LogP contribution in [0.3, 0.4) is 0 Å². The van der Waals surface area contributed by atoms with Gasteiger partial charge in [0.25, 0.3) is 5.60 Å². The Hall–Kier alpha value is -2.08. The van der Waals surface area contributed by atoms with Crippen molar-refractivity contribution >= 4 is 5.97 Å². The highest BCUT2D eigenvalue weighted by molar-refractivity contribution is 5.83. The number of hydrogen-bond acceptors (Lipinski definition) is 3. The quantitative estimate of drug-likeness (QED) is 0.575. The third-order valence-electron chi connectivity index (χ3n) is 4.50. The minimum Gasteiger partial charge on any atom is -0.455 e. The minimum absolute atomic E-state index is 0.0163. The van der Waals surface area contributed by atoms with Gasteiger partial charge < -0.3 is 9.47 Å². The summed E-state index contributed by atoms with van der Waals surface area (Å²) in [4.78, 5) is 12.6. The number of hydrogen-bond donors (Lipinski definition) is 0. The zero-order valence-corrected chi connectivity index (χ0v) is 14.4. The molecule has 136 valence electrons. The van der Waals surface area contributed by atoms with Crippen molar-refractivity contribution in [2.75, 3.05) is 7.11 Å². The van der Waals surface area contributed by atoms with Crippen molar-refractivity contribution in [3.8, 4) is 0 Å². The molecule has 0 fully saturated rings. The number of methoxy groups -OCH3 is 1. The molecule has 3 nitrogen and oxygen atoms in total. The highest BCUT2D eigenvalue weighted by atomic mass is 19.4. The number of allylic oxidation sites excluding steroid dienone is 2. The van der Waals surface area contributed by atoms with E-state index >= 15 is 0 Å². The molecule has 25 heavy (non-hydrogen) atoms. The molecule has 2 rings (SSSR count). The summed E-state index contributed by atoms with van der Waals surface area (Å²) in [7, 11) is 0.857. The lowest BCUT2D eigenvalue weighted by atomic mass is 9.92. The molecule has 0 heterocycles. The van der Waals surface area contributed by atoms with Crippen LogP contribution in [0.1, 0.15) is 25.8 Å². The lowest BCUT2D eigenvalue weighted by Crippen LogP contribution is -2.52. The molecule has 0 radical (unpaired) electrons. The van der Waals surface area contributed by atoms with E-state index in [0.717, 1.165) is 12.7 Å². The lowest BCUT2D eigenvalue weighted by Gasteiger charge is -2.33. The zero-order valence-electron chi connectivity index (χ0n) is 14.4. The van der Waals surface area contributed by atoms with Crippen molar-refractivity contribution < 1.29 is 27.4 Å². The van der Waals surface area contributed by atoms with E-state index in [0.29, 0.717) is 12.0 Å². The fraction of sp³-hybridized carbons (Fsp3) is 0.421. The van der Waals surface area contributed by atoms with Crippen LogP contribution in [0.25, 0.3) is 0 Å². The summed E-state index contributed by atoms with van der Waals surface area (Å²) in [6, 6.07) is 6.80. The van der Waals surface area contributed by atoms with Crippen LogP contribution in [0.2, 0.25) is 0 Å². The van der Waals surface area contributed by atoms with Gasteiger partial charge in [-0.15, -0.1) is 0 Å². The second-order valence-corrected chi connectivity index (χ2v) is 6.24. The number of rotatable bonds is 5. The van der Waals surface area contributed by atoms with Crippen molar-refractivity contribution in [1.82, 2.24) is 0 Å². The Balaban J connectivity index is 2.35. The third-order valence-corrected chi connectivity index (χ3v) is 4.50. The number of benzene rings is 1. The first-order chi connectivity index (χ1) is 11.6. The third kappa shape index (κ3) is 3.49. The normalized spacial score (nSPS) is 22.9. The van der Waals surface area contributed by atoms with Gasteiger partial charge in [0.2, 0.25) is 0 Å². The predicted octanol–water partition coefficient (Wildman–Crippen LogP) is 4.54. The van der Waals surface area contributed by atoms with Gasteiger partial charge in [0.05, 0.1) is 0 Å². The predicted molar refractivity (Wildman–Crippen MR) is 87.7 cm³/mol. The first-order valence-electron chi connectivity index (χ1n) is 7.85. The number of carbonyl (C=O) groups is 1. The standard InChI is InChI=1S/C19H21F3O3/c1-12(2)14-10-13(3)16(11-14)25-17(23)18(24-4,19(20,21)22)15-8-6-5-7-9-15/h5-10,14,16H,1,11H2,2-4H3/t14?,16?,18-/m1/s1. The van der Waals surface area contributed by atoms with E-state index in [9.17, 15) is 18.0 Å². The highest BCUT2D eigenvalue weighted by Gasteiger charge is 2.64. The van der Waals surface area contributed by atoms with Crippen molar-refractivity contribution in [2.45, 2.75) is 38.1 Å². The first kappa shape index (κ1) is 19.2. The van der Waals surface area contributed by atoms with Gasteiger partial charge in [-0.1, -0.05) is 48.6 Å². The maximum absolute atomic E-state index is 13.8. The minimum atomic E-state index is -4.97. The van der Waals surface area contributed by atoms with Gasteiger partial charge >= 0.3 is 12.1 Å². The summed E-state index contributed by atoms with van der Waals surface area (Å²) >= 11 is 0. The van der Waals surface area contributed by atoms with Gasteiger partial charge in [-0.2, -0.15) is 13.2 Å². The Bertz CT molecular complexity index is 679. The number of esters is 1. The van der Waals surface area contributed by atoms with Crippen molar-refractivity contribution in [1.29, 1.82) is 0 Å². The summed E-state index contributed by atoms with van der Waals surface area (Å²) < 4.78 is 51.5. The lowest BCUT2D eigenvalue weighted by molar-refractivity contribution is -0.277. The second-order valence-electron chi connectivity index (χ2n) is 6.24. The van der Waals surface area contributed by atoms with Gasteiger partial charge in [-0.25, -0.2) is 4.79 Å². The number of halogens is 3. The van der Waals surface area contributed by atoms with Crippen LogP contribution >= 0.6 is 0 Å². The smallest absolute Gasteiger partial charge is 0.432 e. The van der Waals surface area contributed by atoms with Gasteiger partial charge in [-0.05, 0) is 25.8 Å². The molecule has 1 aromatic rings. The Labute approximate surface area is 145 Å². The van der Waals surface area contributed by atoms with Crippen LogP contribution in [0.15, 0.2) is 54.1 Å². The highest BCUT2D eigenvalue weighted by Crippen LogP contribution is 2.44. The number of carbonyl (C=O) groups excluding carboxylic acids is 1. The zero-order chi connectivity index (χ0) is 18.8. The van der Waals surface area contributed by atoms with Crippen LogP contribution in [0.5, 0.6) is 0 Å². The van der Waals surface area contributed by atoms with Crippen molar-refractivity contribution in [2.24, 2.45) is 5.92 Å².